The van der Waals surface area contributed by atoms with Crippen LogP contribution in [0.15, 0.2) is 48.5 Å². The molecule has 1 heterocycles. The fourth-order valence-corrected chi connectivity index (χ4v) is 4.14. The van der Waals surface area contributed by atoms with Crippen LogP contribution in [0.5, 0.6) is 5.75 Å². The third-order valence-electron chi connectivity index (χ3n) is 6.00. The molecule has 7 nitrogen and oxygen atoms in total. The third-order valence-corrected chi connectivity index (χ3v) is 6.00. The molecule has 0 spiro atoms. The molecule has 3 rings (SSSR count). The summed E-state index contributed by atoms with van der Waals surface area (Å²) in [4.78, 5) is 40.4. The number of esters is 1. The van der Waals surface area contributed by atoms with E-state index in [1.54, 1.807) is 31.3 Å². The fraction of sp³-hybridized carbons (Fsp3) is 0.423. The maximum atomic E-state index is 13.3. The molecule has 1 saturated heterocycles. The van der Waals surface area contributed by atoms with Gasteiger partial charge in [0, 0.05) is 25.7 Å². The molecule has 0 bridgehead atoms. The average molecular weight is 471 g/mol. The van der Waals surface area contributed by atoms with Crippen LogP contribution in [-0.4, -0.2) is 59.9 Å². The van der Waals surface area contributed by atoms with Crippen LogP contribution >= 0.6 is 0 Å². The van der Waals surface area contributed by atoms with Crippen LogP contribution in [0.3, 0.4) is 0 Å². The molecule has 2 aromatic carbocycles. The second-order valence-corrected chi connectivity index (χ2v) is 8.70. The van der Waals surface area contributed by atoms with Gasteiger partial charge in [0.15, 0.2) is 13.2 Å². The SMILES string of the molecule is C[C@@H]1CCC[C@H](C)N1C(=O)COc1ccc(C(=O)OCC(=O)N(C)Cc2cccc(F)c2)cc1. The number of benzene rings is 2. The molecule has 34 heavy (non-hydrogen) atoms. The number of hydrogen-bond donors (Lipinski definition) is 0. The van der Waals surface area contributed by atoms with Crippen molar-refractivity contribution in [1.29, 1.82) is 0 Å². The lowest BCUT2D eigenvalue weighted by Gasteiger charge is -2.38. The van der Waals surface area contributed by atoms with E-state index in [9.17, 15) is 18.8 Å². The van der Waals surface area contributed by atoms with E-state index in [2.05, 4.69) is 13.8 Å². The number of likely N-dealkylation sites (tertiary alicyclic amines) is 1. The lowest BCUT2D eigenvalue weighted by atomic mass is 9.97. The van der Waals surface area contributed by atoms with Gasteiger partial charge < -0.3 is 19.3 Å². The first-order valence-corrected chi connectivity index (χ1v) is 11.4. The van der Waals surface area contributed by atoms with Crippen molar-refractivity contribution in [2.75, 3.05) is 20.3 Å². The molecule has 2 atom stereocenters. The molecule has 0 radical (unpaired) electrons. The van der Waals surface area contributed by atoms with E-state index in [1.165, 1.54) is 29.2 Å². The minimum atomic E-state index is -0.647. The summed E-state index contributed by atoms with van der Waals surface area (Å²) in [5.74, 6) is -1.02. The Morgan fingerprint density at radius 2 is 1.71 bits per heavy atom. The van der Waals surface area contributed by atoms with Crippen LogP contribution < -0.4 is 4.74 Å². The third kappa shape index (κ3) is 6.79. The van der Waals surface area contributed by atoms with Gasteiger partial charge in [0.2, 0.25) is 0 Å². The van der Waals surface area contributed by atoms with Crippen molar-refractivity contribution in [3.8, 4) is 5.75 Å². The smallest absolute Gasteiger partial charge is 0.338 e. The highest BCUT2D eigenvalue weighted by Crippen LogP contribution is 2.23. The van der Waals surface area contributed by atoms with Gasteiger partial charge in [-0.3, -0.25) is 9.59 Å². The summed E-state index contributed by atoms with van der Waals surface area (Å²) < 4.78 is 24.0. The van der Waals surface area contributed by atoms with Crippen molar-refractivity contribution < 1.29 is 28.2 Å². The maximum Gasteiger partial charge on any atom is 0.338 e. The Labute approximate surface area is 199 Å². The number of carbonyl (C=O) groups is 3. The summed E-state index contributed by atoms with van der Waals surface area (Å²) in [6, 6.07) is 12.6. The number of rotatable bonds is 8. The Kier molecular flexibility index (Phi) is 8.62. The molecule has 1 aliphatic rings. The van der Waals surface area contributed by atoms with Crippen molar-refractivity contribution >= 4 is 17.8 Å². The highest BCUT2D eigenvalue weighted by atomic mass is 19.1. The number of carbonyl (C=O) groups excluding carboxylic acids is 3. The van der Waals surface area contributed by atoms with E-state index in [-0.39, 0.29) is 42.5 Å². The van der Waals surface area contributed by atoms with Gasteiger partial charge >= 0.3 is 5.97 Å². The van der Waals surface area contributed by atoms with Gasteiger partial charge in [-0.25, -0.2) is 9.18 Å². The highest BCUT2D eigenvalue weighted by Gasteiger charge is 2.29. The van der Waals surface area contributed by atoms with Gasteiger partial charge in [0.1, 0.15) is 11.6 Å². The van der Waals surface area contributed by atoms with Crippen LogP contribution in [0.1, 0.15) is 49.0 Å². The number of halogens is 1. The largest absolute Gasteiger partial charge is 0.484 e. The summed E-state index contributed by atoms with van der Waals surface area (Å²) >= 11 is 0. The summed E-state index contributed by atoms with van der Waals surface area (Å²) in [6.45, 7) is 3.82. The molecular formula is C26H31FN2O5. The Morgan fingerprint density at radius 1 is 1.03 bits per heavy atom. The predicted octanol–water partition coefficient (Wildman–Crippen LogP) is 3.81. The van der Waals surface area contributed by atoms with Crippen molar-refractivity contribution in [3.63, 3.8) is 0 Å². The van der Waals surface area contributed by atoms with Crippen LogP contribution in [-0.2, 0) is 20.9 Å². The standard InChI is InChI=1S/C26H31FN2O5/c1-18-6-4-7-19(2)29(18)25(31)17-33-23-12-10-21(11-13-23)26(32)34-16-24(30)28(3)15-20-8-5-9-22(27)14-20/h5,8-14,18-19H,4,6-7,15-17H2,1-3H3/t18-,19+. The molecule has 8 heteroatoms. The number of piperidine rings is 1. The van der Waals surface area contributed by atoms with E-state index in [4.69, 9.17) is 9.47 Å². The van der Waals surface area contributed by atoms with Gasteiger partial charge in [0.05, 0.1) is 5.56 Å². The van der Waals surface area contributed by atoms with Gasteiger partial charge in [-0.1, -0.05) is 12.1 Å². The molecule has 0 saturated carbocycles. The summed E-state index contributed by atoms with van der Waals surface area (Å²) in [6.07, 6.45) is 3.12. The van der Waals surface area contributed by atoms with Crippen molar-refractivity contribution in [3.05, 3.63) is 65.5 Å². The number of ether oxygens (including phenoxy) is 2. The molecule has 0 aliphatic carbocycles. The predicted molar refractivity (Wildman–Crippen MR) is 125 cm³/mol. The van der Waals surface area contributed by atoms with E-state index in [1.807, 2.05) is 4.90 Å². The topological polar surface area (TPSA) is 76.1 Å². The second kappa shape index (κ2) is 11.6. The second-order valence-electron chi connectivity index (χ2n) is 8.70. The Bertz CT molecular complexity index is 1000. The number of nitrogens with zero attached hydrogens (tertiary/aromatic N) is 2. The molecule has 1 fully saturated rings. The molecule has 1 aliphatic heterocycles. The zero-order chi connectivity index (χ0) is 24.7. The lowest BCUT2D eigenvalue weighted by Crippen LogP contribution is -2.49. The molecule has 182 valence electrons. The molecular weight excluding hydrogens is 439 g/mol. The van der Waals surface area contributed by atoms with Crippen LogP contribution in [0.4, 0.5) is 4.39 Å². The summed E-state index contributed by atoms with van der Waals surface area (Å²) in [5, 5.41) is 0. The van der Waals surface area contributed by atoms with Gasteiger partial charge in [0.25, 0.3) is 11.8 Å². The van der Waals surface area contributed by atoms with E-state index >= 15 is 0 Å². The zero-order valence-electron chi connectivity index (χ0n) is 19.8. The van der Waals surface area contributed by atoms with E-state index in [0.717, 1.165) is 19.3 Å². The van der Waals surface area contributed by atoms with Crippen LogP contribution in [0, 0.1) is 5.82 Å². The fourth-order valence-electron chi connectivity index (χ4n) is 4.14. The van der Waals surface area contributed by atoms with Crippen molar-refractivity contribution in [2.24, 2.45) is 0 Å². The quantitative estimate of drug-likeness (QED) is 0.549. The van der Waals surface area contributed by atoms with E-state index in [0.29, 0.717) is 11.3 Å². The minimum Gasteiger partial charge on any atom is -0.484 e. The number of likely N-dealkylation sites (N-methyl/N-ethyl adjacent to an activating group) is 1. The summed E-state index contributed by atoms with van der Waals surface area (Å²) in [5.41, 5.74) is 0.901. The molecule has 0 unspecified atom stereocenters. The molecule has 0 N–H and O–H groups in total. The molecule has 0 aromatic heterocycles. The van der Waals surface area contributed by atoms with Crippen molar-refractivity contribution in [2.45, 2.75) is 51.7 Å². The van der Waals surface area contributed by atoms with Crippen LogP contribution in [0.2, 0.25) is 0 Å². The summed E-state index contributed by atoms with van der Waals surface area (Å²) in [7, 11) is 1.56. The maximum absolute atomic E-state index is 13.3. The number of hydrogen-bond acceptors (Lipinski definition) is 5. The average Bonchev–Trinajstić information content (AvgIpc) is 2.81. The Balaban J connectivity index is 1.45. The first-order valence-electron chi connectivity index (χ1n) is 11.4. The van der Waals surface area contributed by atoms with E-state index < -0.39 is 18.5 Å². The normalized spacial score (nSPS) is 17.7. The monoisotopic (exact) mass is 470 g/mol. The first kappa shape index (κ1) is 25.2. The molecule has 2 aromatic rings. The lowest BCUT2D eigenvalue weighted by molar-refractivity contribution is -0.139. The Hall–Kier alpha value is -3.42. The first-order chi connectivity index (χ1) is 16.2. The van der Waals surface area contributed by atoms with Gasteiger partial charge in [-0.15, -0.1) is 0 Å². The zero-order valence-corrected chi connectivity index (χ0v) is 19.8. The molecule has 2 amide bonds. The van der Waals surface area contributed by atoms with Gasteiger partial charge in [-0.05, 0) is 75.1 Å². The minimum absolute atomic E-state index is 0.0518. The Morgan fingerprint density at radius 3 is 2.35 bits per heavy atom. The van der Waals surface area contributed by atoms with Crippen molar-refractivity contribution in [1.82, 2.24) is 9.80 Å². The highest BCUT2D eigenvalue weighted by molar-refractivity contribution is 5.91. The van der Waals surface area contributed by atoms with Crippen LogP contribution in [0.25, 0.3) is 0 Å². The number of amides is 2. The van der Waals surface area contributed by atoms with Gasteiger partial charge in [-0.2, -0.15) is 0 Å².